The maximum Gasteiger partial charge on any atom is 0.314 e. The molecule has 2 aliphatic rings. The van der Waals surface area contributed by atoms with Crippen molar-refractivity contribution in [2.75, 3.05) is 6.79 Å². The summed E-state index contributed by atoms with van der Waals surface area (Å²) in [5.41, 5.74) is -1.36. The molecule has 1 heterocycles. The molecule has 102 valence electrons. The standard InChI is InChI=1S/C13H12F2O4/c1-12(14,15)7-4-9-10(19-6-18-9)5-8(7)13(2-3-13)11(16)17/h4-5H,2-3,6H2,1H3,(H,16,17). The highest BCUT2D eigenvalue weighted by Crippen LogP contribution is 2.54. The van der Waals surface area contributed by atoms with Crippen molar-refractivity contribution >= 4 is 5.97 Å². The van der Waals surface area contributed by atoms with E-state index >= 15 is 0 Å². The molecule has 0 aromatic heterocycles. The van der Waals surface area contributed by atoms with Gasteiger partial charge in [0.2, 0.25) is 6.79 Å². The van der Waals surface area contributed by atoms with Crippen molar-refractivity contribution in [2.45, 2.75) is 31.1 Å². The van der Waals surface area contributed by atoms with Gasteiger partial charge in [0.1, 0.15) is 0 Å². The number of carboxylic acid groups (broad SMARTS) is 1. The molecule has 0 radical (unpaired) electrons. The molecule has 1 aromatic rings. The Hall–Kier alpha value is -1.85. The van der Waals surface area contributed by atoms with Gasteiger partial charge in [0.05, 0.1) is 5.41 Å². The number of rotatable bonds is 3. The average molecular weight is 270 g/mol. The van der Waals surface area contributed by atoms with E-state index in [0.717, 1.165) is 6.92 Å². The van der Waals surface area contributed by atoms with Crippen molar-refractivity contribution in [3.63, 3.8) is 0 Å². The van der Waals surface area contributed by atoms with Crippen molar-refractivity contribution in [1.82, 2.24) is 0 Å². The molecule has 1 aromatic carbocycles. The van der Waals surface area contributed by atoms with Gasteiger partial charge in [0, 0.05) is 12.5 Å². The van der Waals surface area contributed by atoms with Crippen LogP contribution in [0.3, 0.4) is 0 Å². The maximum absolute atomic E-state index is 13.7. The Kier molecular flexibility index (Phi) is 2.30. The van der Waals surface area contributed by atoms with Crippen LogP contribution in [0.1, 0.15) is 30.9 Å². The number of benzene rings is 1. The predicted octanol–water partition coefficient (Wildman–Crippen LogP) is 2.64. The van der Waals surface area contributed by atoms with Gasteiger partial charge in [-0.3, -0.25) is 4.79 Å². The number of fused-ring (bicyclic) bond motifs is 1. The number of hydrogen-bond donors (Lipinski definition) is 1. The largest absolute Gasteiger partial charge is 0.481 e. The predicted molar refractivity (Wildman–Crippen MR) is 60.7 cm³/mol. The smallest absolute Gasteiger partial charge is 0.314 e. The summed E-state index contributed by atoms with van der Waals surface area (Å²) in [5.74, 6) is -3.63. The number of carboxylic acids is 1. The van der Waals surface area contributed by atoms with Gasteiger partial charge in [-0.25, -0.2) is 8.78 Å². The third-order valence-electron chi connectivity index (χ3n) is 3.66. The summed E-state index contributed by atoms with van der Waals surface area (Å²) in [6.45, 7) is 0.722. The zero-order chi connectivity index (χ0) is 13.8. The van der Waals surface area contributed by atoms with Crippen molar-refractivity contribution in [2.24, 2.45) is 0 Å². The Morgan fingerprint density at radius 1 is 1.32 bits per heavy atom. The number of hydrogen-bond acceptors (Lipinski definition) is 3. The fourth-order valence-electron chi connectivity index (χ4n) is 2.42. The van der Waals surface area contributed by atoms with Crippen LogP contribution in [0.25, 0.3) is 0 Å². The van der Waals surface area contributed by atoms with Crippen LogP contribution >= 0.6 is 0 Å². The van der Waals surface area contributed by atoms with E-state index in [1.165, 1.54) is 12.1 Å². The summed E-state index contributed by atoms with van der Waals surface area (Å²) in [7, 11) is 0. The van der Waals surface area contributed by atoms with Gasteiger partial charge in [0.25, 0.3) is 5.92 Å². The summed E-state index contributed by atoms with van der Waals surface area (Å²) in [5, 5.41) is 9.28. The zero-order valence-corrected chi connectivity index (χ0v) is 10.2. The summed E-state index contributed by atoms with van der Waals surface area (Å²) >= 11 is 0. The molecule has 1 aliphatic heterocycles. The second-order valence-corrected chi connectivity index (χ2v) is 5.03. The Bertz CT molecular complexity index is 558. The number of alkyl halides is 2. The van der Waals surface area contributed by atoms with Gasteiger partial charge < -0.3 is 14.6 Å². The van der Waals surface area contributed by atoms with Gasteiger partial charge >= 0.3 is 5.97 Å². The summed E-state index contributed by atoms with van der Waals surface area (Å²) in [6.07, 6.45) is 0.732. The second-order valence-electron chi connectivity index (χ2n) is 5.03. The monoisotopic (exact) mass is 270 g/mol. The van der Waals surface area contributed by atoms with Crippen LogP contribution in [-0.4, -0.2) is 17.9 Å². The number of ether oxygens (including phenoxy) is 2. The van der Waals surface area contributed by atoms with Gasteiger partial charge in [0.15, 0.2) is 11.5 Å². The molecule has 1 fully saturated rings. The van der Waals surface area contributed by atoms with Gasteiger partial charge in [-0.1, -0.05) is 0 Å². The zero-order valence-electron chi connectivity index (χ0n) is 10.2. The van der Waals surface area contributed by atoms with E-state index in [2.05, 4.69) is 0 Å². The minimum Gasteiger partial charge on any atom is -0.481 e. The Morgan fingerprint density at radius 2 is 1.89 bits per heavy atom. The summed E-state index contributed by atoms with van der Waals surface area (Å²) < 4.78 is 37.7. The van der Waals surface area contributed by atoms with Crippen LogP contribution in [0.2, 0.25) is 0 Å². The number of halogens is 2. The molecule has 0 spiro atoms. The number of carbonyl (C=O) groups is 1. The van der Waals surface area contributed by atoms with Crippen molar-refractivity contribution in [3.8, 4) is 11.5 Å². The first-order valence-corrected chi connectivity index (χ1v) is 5.90. The summed E-state index contributed by atoms with van der Waals surface area (Å²) in [4.78, 5) is 11.3. The topological polar surface area (TPSA) is 55.8 Å². The molecule has 19 heavy (non-hydrogen) atoms. The third kappa shape index (κ3) is 1.74. The average Bonchev–Trinajstić information content (AvgIpc) is 3.00. The molecule has 0 amide bonds. The highest BCUT2D eigenvalue weighted by Gasteiger charge is 2.55. The van der Waals surface area contributed by atoms with Crippen LogP contribution in [0.4, 0.5) is 8.78 Å². The van der Waals surface area contributed by atoms with E-state index in [1.807, 2.05) is 0 Å². The molecule has 0 atom stereocenters. The maximum atomic E-state index is 13.7. The molecular formula is C13H12F2O4. The van der Waals surface area contributed by atoms with E-state index in [9.17, 15) is 18.7 Å². The van der Waals surface area contributed by atoms with Crippen molar-refractivity contribution in [3.05, 3.63) is 23.3 Å². The Balaban J connectivity index is 2.20. The van der Waals surface area contributed by atoms with Gasteiger partial charge in [-0.15, -0.1) is 0 Å². The van der Waals surface area contributed by atoms with Gasteiger partial charge in [-0.2, -0.15) is 0 Å². The van der Waals surface area contributed by atoms with E-state index in [1.54, 1.807) is 0 Å². The first kappa shape index (κ1) is 12.2. The quantitative estimate of drug-likeness (QED) is 0.917. The fraction of sp³-hybridized carbons (Fsp3) is 0.462. The van der Waals surface area contributed by atoms with E-state index in [0.29, 0.717) is 18.6 Å². The van der Waals surface area contributed by atoms with E-state index in [-0.39, 0.29) is 23.7 Å². The second kappa shape index (κ2) is 3.59. The molecule has 0 bridgehead atoms. The molecule has 0 saturated heterocycles. The first-order valence-electron chi connectivity index (χ1n) is 5.90. The molecule has 1 saturated carbocycles. The molecule has 1 aliphatic carbocycles. The fourth-order valence-corrected chi connectivity index (χ4v) is 2.42. The van der Waals surface area contributed by atoms with Crippen molar-refractivity contribution in [1.29, 1.82) is 0 Å². The lowest BCUT2D eigenvalue weighted by atomic mass is 9.88. The Labute approximate surface area is 107 Å². The number of aliphatic carboxylic acids is 1. The van der Waals surface area contributed by atoms with Crippen molar-refractivity contribution < 1.29 is 28.2 Å². The van der Waals surface area contributed by atoms with Crippen LogP contribution in [0, 0.1) is 0 Å². The van der Waals surface area contributed by atoms with Crippen LogP contribution in [0.15, 0.2) is 12.1 Å². The van der Waals surface area contributed by atoms with Crippen LogP contribution < -0.4 is 9.47 Å². The molecule has 6 heteroatoms. The normalized spacial score (nSPS) is 19.3. The minimum atomic E-state index is -3.12. The highest BCUT2D eigenvalue weighted by atomic mass is 19.3. The SMILES string of the molecule is CC(F)(F)c1cc2c(cc1C1(C(=O)O)CC1)OCO2. The lowest BCUT2D eigenvalue weighted by molar-refractivity contribution is -0.140. The first-order chi connectivity index (χ1) is 8.84. The van der Waals surface area contributed by atoms with Crippen LogP contribution in [0.5, 0.6) is 11.5 Å². The van der Waals surface area contributed by atoms with Crippen LogP contribution in [-0.2, 0) is 16.1 Å². The molecule has 4 nitrogen and oxygen atoms in total. The van der Waals surface area contributed by atoms with E-state index < -0.39 is 17.3 Å². The molecule has 3 rings (SSSR count). The highest BCUT2D eigenvalue weighted by molar-refractivity contribution is 5.86. The lowest BCUT2D eigenvalue weighted by Gasteiger charge is -2.20. The van der Waals surface area contributed by atoms with E-state index in [4.69, 9.17) is 9.47 Å². The third-order valence-corrected chi connectivity index (χ3v) is 3.66. The summed E-state index contributed by atoms with van der Waals surface area (Å²) in [6, 6.07) is 2.58. The Morgan fingerprint density at radius 3 is 2.37 bits per heavy atom. The molecular weight excluding hydrogens is 258 g/mol. The minimum absolute atomic E-state index is 0.0341. The molecule has 1 N–H and O–H groups in total. The van der Waals surface area contributed by atoms with Gasteiger partial charge in [-0.05, 0) is 30.5 Å². The molecule has 0 unspecified atom stereocenters. The lowest BCUT2D eigenvalue weighted by Crippen LogP contribution is -2.24.